The number of aromatic nitrogens is 4. The van der Waals surface area contributed by atoms with E-state index in [1.54, 1.807) is 10.9 Å². The molecule has 2 N–H and O–H groups in total. The Morgan fingerprint density at radius 2 is 2.24 bits per heavy atom. The standard InChI is InChI=1S/C10H12ClN5O/c1-6(2)16-5-7(3-13-16)14-8-4-12-15-10(17)9(8)11/h3-6H,1-2H3,(H2,14,15,17). The lowest BCUT2D eigenvalue weighted by Crippen LogP contribution is -2.10. The zero-order chi connectivity index (χ0) is 12.4. The lowest BCUT2D eigenvalue weighted by Gasteiger charge is -2.05. The molecule has 7 heteroatoms. The van der Waals surface area contributed by atoms with E-state index in [-0.39, 0.29) is 11.1 Å². The number of nitrogens with zero attached hydrogens (tertiary/aromatic N) is 3. The number of hydrogen-bond donors (Lipinski definition) is 2. The summed E-state index contributed by atoms with van der Waals surface area (Å²) in [6.07, 6.45) is 4.95. The zero-order valence-corrected chi connectivity index (χ0v) is 10.2. The number of aromatic amines is 1. The third-order valence-corrected chi connectivity index (χ3v) is 2.58. The predicted molar refractivity (Wildman–Crippen MR) is 65.8 cm³/mol. The minimum Gasteiger partial charge on any atom is -0.350 e. The molecule has 0 aliphatic heterocycles. The average molecular weight is 254 g/mol. The molecule has 0 saturated heterocycles. The van der Waals surface area contributed by atoms with Crippen molar-refractivity contribution in [3.05, 3.63) is 34.0 Å². The van der Waals surface area contributed by atoms with E-state index in [9.17, 15) is 4.79 Å². The van der Waals surface area contributed by atoms with E-state index in [1.807, 2.05) is 20.0 Å². The molecule has 0 saturated carbocycles. The lowest BCUT2D eigenvalue weighted by molar-refractivity contribution is 0.532. The lowest BCUT2D eigenvalue weighted by atomic mass is 10.4. The van der Waals surface area contributed by atoms with E-state index in [1.165, 1.54) is 6.20 Å². The molecule has 0 fully saturated rings. The molecule has 2 heterocycles. The first kappa shape index (κ1) is 11.7. The van der Waals surface area contributed by atoms with Crippen molar-refractivity contribution in [2.45, 2.75) is 19.9 Å². The van der Waals surface area contributed by atoms with Crippen molar-refractivity contribution >= 4 is 23.0 Å². The molecule has 2 aromatic heterocycles. The first-order valence-electron chi connectivity index (χ1n) is 5.12. The fourth-order valence-corrected chi connectivity index (χ4v) is 1.45. The normalized spacial score (nSPS) is 10.8. The van der Waals surface area contributed by atoms with E-state index < -0.39 is 5.56 Å². The third-order valence-electron chi connectivity index (χ3n) is 2.21. The smallest absolute Gasteiger partial charge is 0.285 e. The fourth-order valence-electron chi connectivity index (χ4n) is 1.31. The number of hydrogen-bond acceptors (Lipinski definition) is 4. The molecule has 0 bridgehead atoms. The predicted octanol–water partition coefficient (Wildman–Crippen LogP) is 1.94. The minimum absolute atomic E-state index is 0.0808. The highest BCUT2D eigenvalue weighted by Gasteiger charge is 2.07. The summed E-state index contributed by atoms with van der Waals surface area (Å²) >= 11 is 5.84. The van der Waals surface area contributed by atoms with Crippen LogP contribution in [0.1, 0.15) is 19.9 Å². The van der Waals surface area contributed by atoms with Crippen molar-refractivity contribution in [1.29, 1.82) is 0 Å². The fraction of sp³-hybridized carbons (Fsp3) is 0.300. The van der Waals surface area contributed by atoms with Crippen LogP contribution in [-0.4, -0.2) is 20.0 Å². The van der Waals surface area contributed by atoms with E-state index >= 15 is 0 Å². The first-order valence-corrected chi connectivity index (χ1v) is 5.50. The Balaban J connectivity index is 2.25. The van der Waals surface area contributed by atoms with Crippen molar-refractivity contribution in [2.24, 2.45) is 0 Å². The summed E-state index contributed by atoms with van der Waals surface area (Å²) in [5.41, 5.74) is 0.791. The largest absolute Gasteiger partial charge is 0.350 e. The zero-order valence-electron chi connectivity index (χ0n) is 9.44. The number of nitrogens with one attached hydrogen (secondary N) is 2. The van der Waals surface area contributed by atoms with Gasteiger partial charge in [0.2, 0.25) is 0 Å². The molecular weight excluding hydrogens is 242 g/mol. The maximum Gasteiger partial charge on any atom is 0.285 e. The Hall–Kier alpha value is -1.82. The summed E-state index contributed by atoms with van der Waals surface area (Å²) in [5.74, 6) is 0. The second-order valence-electron chi connectivity index (χ2n) is 3.85. The van der Waals surface area contributed by atoms with Gasteiger partial charge < -0.3 is 5.32 Å². The van der Waals surface area contributed by atoms with Crippen LogP contribution in [0.15, 0.2) is 23.4 Å². The minimum atomic E-state index is -0.423. The van der Waals surface area contributed by atoms with E-state index in [0.29, 0.717) is 5.69 Å². The summed E-state index contributed by atoms with van der Waals surface area (Å²) in [6, 6.07) is 0.276. The molecule has 0 spiro atoms. The highest BCUT2D eigenvalue weighted by molar-refractivity contribution is 6.33. The maximum absolute atomic E-state index is 11.2. The molecule has 0 radical (unpaired) electrons. The monoisotopic (exact) mass is 253 g/mol. The summed E-state index contributed by atoms with van der Waals surface area (Å²) in [5, 5.41) is 13.2. The summed E-state index contributed by atoms with van der Waals surface area (Å²) in [4.78, 5) is 11.2. The highest BCUT2D eigenvalue weighted by Crippen LogP contribution is 2.20. The Labute approximate surface area is 103 Å². The molecule has 2 rings (SSSR count). The van der Waals surface area contributed by atoms with Gasteiger partial charge in [-0.15, -0.1) is 0 Å². The second-order valence-corrected chi connectivity index (χ2v) is 4.23. The van der Waals surface area contributed by atoms with Crippen LogP contribution in [0.3, 0.4) is 0 Å². The molecule has 0 aliphatic carbocycles. The van der Waals surface area contributed by atoms with Crippen molar-refractivity contribution < 1.29 is 0 Å². The third kappa shape index (κ3) is 2.47. The van der Waals surface area contributed by atoms with Gasteiger partial charge in [-0.1, -0.05) is 11.6 Å². The Kier molecular flexibility index (Phi) is 3.14. The molecule has 17 heavy (non-hydrogen) atoms. The van der Waals surface area contributed by atoms with Gasteiger partial charge in [-0.2, -0.15) is 10.2 Å². The molecule has 6 nitrogen and oxygen atoms in total. The summed E-state index contributed by atoms with van der Waals surface area (Å²) < 4.78 is 1.80. The Morgan fingerprint density at radius 3 is 2.88 bits per heavy atom. The Bertz CT molecular complexity index is 574. The number of H-pyrrole nitrogens is 1. The highest BCUT2D eigenvalue weighted by atomic mass is 35.5. The molecule has 0 unspecified atom stereocenters. The van der Waals surface area contributed by atoms with Gasteiger partial charge in [-0.3, -0.25) is 9.48 Å². The molecule has 90 valence electrons. The van der Waals surface area contributed by atoms with Gasteiger partial charge in [0.1, 0.15) is 5.02 Å². The van der Waals surface area contributed by atoms with Crippen LogP contribution in [0.5, 0.6) is 0 Å². The number of anilines is 2. The van der Waals surface area contributed by atoms with Crippen LogP contribution in [0.4, 0.5) is 11.4 Å². The summed E-state index contributed by atoms with van der Waals surface area (Å²) in [6.45, 7) is 4.05. The van der Waals surface area contributed by atoms with Crippen molar-refractivity contribution in [3.63, 3.8) is 0 Å². The number of rotatable bonds is 3. The summed E-state index contributed by atoms with van der Waals surface area (Å²) in [7, 11) is 0. The van der Waals surface area contributed by atoms with E-state index in [4.69, 9.17) is 11.6 Å². The maximum atomic E-state index is 11.2. The van der Waals surface area contributed by atoms with Gasteiger partial charge in [0.15, 0.2) is 0 Å². The van der Waals surface area contributed by atoms with Gasteiger partial charge in [0, 0.05) is 12.2 Å². The van der Waals surface area contributed by atoms with Gasteiger partial charge in [0.25, 0.3) is 5.56 Å². The second kappa shape index (κ2) is 4.58. The van der Waals surface area contributed by atoms with E-state index in [2.05, 4.69) is 20.6 Å². The van der Waals surface area contributed by atoms with Crippen LogP contribution >= 0.6 is 11.6 Å². The topological polar surface area (TPSA) is 75.6 Å². The molecule has 0 aliphatic rings. The number of halogens is 1. The molecule has 0 amide bonds. The van der Waals surface area contributed by atoms with Crippen LogP contribution < -0.4 is 10.9 Å². The first-order chi connectivity index (χ1) is 8.08. The van der Waals surface area contributed by atoms with Gasteiger partial charge in [0.05, 0.1) is 23.8 Å². The molecule has 0 aromatic carbocycles. The van der Waals surface area contributed by atoms with Gasteiger partial charge in [-0.05, 0) is 13.8 Å². The van der Waals surface area contributed by atoms with Gasteiger partial charge >= 0.3 is 0 Å². The van der Waals surface area contributed by atoms with Gasteiger partial charge in [-0.25, -0.2) is 5.10 Å². The van der Waals surface area contributed by atoms with Crippen molar-refractivity contribution in [3.8, 4) is 0 Å². The molecular formula is C10H12ClN5O. The van der Waals surface area contributed by atoms with Crippen LogP contribution in [0.2, 0.25) is 5.02 Å². The average Bonchev–Trinajstić information content (AvgIpc) is 2.73. The van der Waals surface area contributed by atoms with Crippen LogP contribution in [0, 0.1) is 0 Å². The van der Waals surface area contributed by atoms with Crippen molar-refractivity contribution in [1.82, 2.24) is 20.0 Å². The van der Waals surface area contributed by atoms with Crippen LogP contribution in [0.25, 0.3) is 0 Å². The van der Waals surface area contributed by atoms with Crippen molar-refractivity contribution in [2.75, 3.05) is 5.32 Å². The molecule has 0 atom stereocenters. The SMILES string of the molecule is CC(C)n1cc(Nc2cn[nH]c(=O)c2Cl)cn1. The Morgan fingerprint density at radius 1 is 1.47 bits per heavy atom. The quantitative estimate of drug-likeness (QED) is 0.877. The van der Waals surface area contributed by atoms with Crippen LogP contribution in [-0.2, 0) is 0 Å². The molecule has 2 aromatic rings. The van der Waals surface area contributed by atoms with E-state index in [0.717, 1.165) is 5.69 Å².